The molecule has 0 aliphatic carbocycles. The minimum atomic E-state index is 0.363. The molecule has 3 unspecified atom stereocenters. The summed E-state index contributed by atoms with van der Waals surface area (Å²) in [5.41, 5.74) is 4.25. The van der Waals surface area contributed by atoms with E-state index < -0.39 is 0 Å². The zero-order valence-electron chi connectivity index (χ0n) is 18.3. The number of nitrogens with zero attached hydrogens (tertiary/aromatic N) is 1. The lowest BCUT2D eigenvalue weighted by atomic mass is 9.99. The van der Waals surface area contributed by atoms with Crippen LogP contribution in [0.4, 0.5) is 0 Å². The number of epoxide rings is 1. The van der Waals surface area contributed by atoms with Crippen LogP contribution in [-0.4, -0.2) is 24.1 Å². The summed E-state index contributed by atoms with van der Waals surface area (Å²) in [5, 5.41) is 1.36. The van der Waals surface area contributed by atoms with Crippen molar-refractivity contribution in [2.45, 2.75) is 64.7 Å². The van der Waals surface area contributed by atoms with Crippen molar-refractivity contribution in [1.82, 2.24) is 4.90 Å². The molecule has 158 valence electrons. The molecule has 2 aromatic carbocycles. The summed E-state index contributed by atoms with van der Waals surface area (Å²) in [6.07, 6.45) is 7.45. The quantitative estimate of drug-likeness (QED) is 0.287. The van der Waals surface area contributed by atoms with Crippen molar-refractivity contribution in [1.29, 1.82) is 0 Å². The van der Waals surface area contributed by atoms with Crippen LogP contribution in [0.2, 0.25) is 0 Å². The van der Waals surface area contributed by atoms with Gasteiger partial charge in [0.2, 0.25) is 0 Å². The van der Waals surface area contributed by atoms with Gasteiger partial charge in [-0.3, -0.25) is 4.90 Å². The Bertz CT molecular complexity index is 956. The minimum Gasteiger partial charge on any atom is -0.364 e. The van der Waals surface area contributed by atoms with E-state index in [0.29, 0.717) is 12.2 Å². The fraction of sp³-hybridized carbons (Fsp3) is 0.481. The van der Waals surface area contributed by atoms with Crippen molar-refractivity contribution in [3.8, 4) is 0 Å². The topological polar surface area (TPSA) is 15.8 Å². The van der Waals surface area contributed by atoms with Gasteiger partial charge in [-0.1, -0.05) is 60.4 Å². The summed E-state index contributed by atoms with van der Waals surface area (Å²) in [6, 6.07) is 18.0. The first-order valence-corrected chi connectivity index (χ1v) is 12.4. The maximum absolute atomic E-state index is 6.01. The Hall–Kier alpha value is -1.68. The van der Waals surface area contributed by atoms with Crippen molar-refractivity contribution in [2.75, 3.05) is 13.1 Å². The Morgan fingerprint density at radius 2 is 1.80 bits per heavy atom. The van der Waals surface area contributed by atoms with Gasteiger partial charge in [-0.2, -0.15) is 0 Å². The average Bonchev–Trinajstić information content (AvgIpc) is 3.14. The number of unbranched alkanes of at least 4 members (excludes halogenated alkanes) is 1. The fourth-order valence-electron chi connectivity index (χ4n) is 5.24. The molecule has 1 aromatic heterocycles. The van der Waals surface area contributed by atoms with Crippen LogP contribution in [-0.2, 0) is 11.3 Å². The van der Waals surface area contributed by atoms with Gasteiger partial charge in [0.1, 0.15) is 6.10 Å². The molecule has 2 saturated heterocycles. The Balaban J connectivity index is 1.01. The lowest BCUT2D eigenvalue weighted by Gasteiger charge is -2.17. The predicted octanol–water partition coefficient (Wildman–Crippen LogP) is 7.04. The Morgan fingerprint density at radius 1 is 1.00 bits per heavy atom. The number of fused-ring (bicyclic) bond motifs is 1. The zero-order chi connectivity index (χ0) is 20.5. The predicted molar refractivity (Wildman–Crippen MR) is 127 cm³/mol. The zero-order valence-corrected chi connectivity index (χ0v) is 19.1. The molecule has 3 heterocycles. The van der Waals surface area contributed by atoms with E-state index in [4.69, 9.17) is 4.74 Å². The van der Waals surface area contributed by atoms with Gasteiger partial charge in [0, 0.05) is 22.7 Å². The number of aryl methyl sites for hydroxylation is 2. The van der Waals surface area contributed by atoms with Gasteiger partial charge < -0.3 is 4.74 Å². The van der Waals surface area contributed by atoms with Gasteiger partial charge in [0.05, 0.1) is 6.10 Å². The second-order valence-corrected chi connectivity index (χ2v) is 10.6. The summed E-state index contributed by atoms with van der Waals surface area (Å²) >= 11 is 1.90. The van der Waals surface area contributed by atoms with E-state index in [2.05, 4.69) is 67.3 Å². The van der Waals surface area contributed by atoms with Crippen LogP contribution in [0.5, 0.6) is 0 Å². The van der Waals surface area contributed by atoms with Crippen molar-refractivity contribution in [2.24, 2.45) is 5.92 Å². The molecular weight excluding hydrogens is 386 g/mol. The van der Waals surface area contributed by atoms with E-state index in [-0.39, 0.29) is 0 Å². The molecule has 2 aliphatic rings. The highest BCUT2D eigenvalue weighted by atomic mass is 32.1. The molecule has 3 heteroatoms. The number of likely N-dealkylation sites (tertiary alicyclic amines) is 1. The summed E-state index contributed by atoms with van der Waals surface area (Å²) in [6.45, 7) is 8.07. The first kappa shape index (κ1) is 20.2. The highest BCUT2D eigenvalue weighted by Crippen LogP contribution is 2.46. The van der Waals surface area contributed by atoms with Gasteiger partial charge in [0.15, 0.2) is 0 Å². The van der Waals surface area contributed by atoms with E-state index in [0.717, 1.165) is 12.5 Å². The molecule has 30 heavy (non-hydrogen) atoms. The second-order valence-electron chi connectivity index (χ2n) is 9.45. The maximum Gasteiger partial charge on any atom is 0.118 e. The Kier molecular flexibility index (Phi) is 5.95. The molecule has 0 radical (unpaired) electrons. The van der Waals surface area contributed by atoms with Crippen LogP contribution in [0.3, 0.4) is 0 Å². The summed E-state index contributed by atoms with van der Waals surface area (Å²) in [4.78, 5) is 4.07. The number of ether oxygens (including phenoxy) is 1. The highest BCUT2D eigenvalue weighted by Gasteiger charge is 2.40. The lowest BCUT2D eigenvalue weighted by Crippen LogP contribution is -2.20. The molecule has 2 nitrogen and oxygen atoms in total. The van der Waals surface area contributed by atoms with E-state index in [1.807, 2.05) is 11.3 Å². The molecule has 0 spiro atoms. The van der Waals surface area contributed by atoms with Crippen LogP contribution in [0.25, 0.3) is 10.1 Å². The third kappa shape index (κ3) is 4.80. The lowest BCUT2D eigenvalue weighted by molar-refractivity contribution is 0.310. The van der Waals surface area contributed by atoms with Gasteiger partial charge in [-0.15, -0.1) is 11.3 Å². The summed E-state index contributed by atoms with van der Waals surface area (Å²) < 4.78 is 7.39. The van der Waals surface area contributed by atoms with Crippen LogP contribution >= 0.6 is 11.3 Å². The number of hydrogen-bond donors (Lipinski definition) is 0. The van der Waals surface area contributed by atoms with Crippen LogP contribution < -0.4 is 0 Å². The van der Waals surface area contributed by atoms with Crippen molar-refractivity contribution in [3.63, 3.8) is 0 Å². The molecular formula is C27H33NOS. The van der Waals surface area contributed by atoms with Crippen molar-refractivity contribution in [3.05, 3.63) is 70.1 Å². The van der Waals surface area contributed by atoms with Crippen molar-refractivity contribution < 1.29 is 4.74 Å². The number of hydrogen-bond acceptors (Lipinski definition) is 3. The van der Waals surface area contributed by atoms with Gasteiger partial charge >= 0.3 is 0 Å². The number of benzene rings is 2. The first-order valence-electron chi connectivity index (χ1n) is 11.6. The largest absolute Gasteiger partial charge is 0.364 e. The monoisotopic (exact) mass is 419 g/mol. The number of rotatable bonds is 8. The SMILES string of the molecule is Cc1cc(C)cc(CN2CCC(CCCCC3OC3c3cc4ccccc4s3)C2)c1. The summed E-state index contributed by atoms with van der Waals surface area (Å²) in [7, 11) is 0. The first-order chi connectivity index (χ1) is 14.6. The van der Waals surface area contributed by atoms with Crippen LogP contribution in [0.15, 0.2) is 48.5 Å². The fourth-order valence-corrected chi connectivity index (χ4v) is 6.40. The number of thiophene rings is 1. The normalized spacial score (nSPS) is 24.0. The second kappa shape index (κ2) is 8.82. The van der Waals surface area contributed by atoms with E-state index in [9.17, 15) is 0 Å². The summed E-state index contributed by atoms with van der Waals surface area (Å²) in [5.74, 6) is 0.884. The van der Waals surface area contributed by atoms with Crippen LogP contribution in [0.1, 0.15) is 59.8 Å². The third-order valence-corrected chi connectivity index (χ3v) is 7.89. The molecule has 0 bridgehead atoms. The molecule has 0 saturated carbocycles. The Morgan fingerprint density at radius 3 is 2.63 bits per heavy atom. The van der Waals surface area contributed by atoms with Crippen LogP contribution in [0, 0.1) is 19.8 Å². The molecule has 2 aliphatic heterocycles. The molecule has 0 N–H and O–H groups in total. The Labute approximate surface area is 184 Å². The highest BCUT2D eigenvalue weighted by molar-refractivity contribution is 7.19. The third-order valence-electron chi connectivity index (χ3n) is 6.72. The maximum atomic E-state index is 6.01. The van der Waals surface area contributed by atoms with E-state index in [1.54, 1.807) is 0 Å². The smallest absolute Gasteiger partial charge is 0.118 e. The molecule has 3 atom stereocenters. The minimum absolute atomic E-state index is 0.363. The van der Waals surface area contributed by atoms with Gasteiger partial charge in [0.25, 0.3) is 0 Å². The van der Waals surface area contributed by atoms with Crippen molar-refractivity contribution >= 4 is 21.4 Å². The average molecular weight is 420 g/mol. The van der Waals surface area contributed by atoms with Gasteiger partial charge in [-0.25, -0.2) is 0 Å². The molecule has 3 aromatic rings. The standard InChI is InChI=1S/C27H33NOS/c1-19-13-20(2)15-22(14-19)18-28-12-11-21(17-28)7-3-5-9-24-27(29-24)26-16-23-8-4-6-10-25(23)30-26/h4,6,8,10,13-16,21,24,27H,3,5,7,9,11-12,17-18H2,1-2H3. The van der Waals surface area contributed by atoms with E-state index >= 15 is 0 Å². The molecule has 0 amide bonds. The van der Waals surface area contributed by atoms with Gasteiger partial charge in [-0.05, 0) is 68.7 Å². The molecule has 2 fully saturated rings. The van der Waals surface area contributed by atoms with E-state index in [1.165, 1.54) is 76.8 Å². The molecule has 5 rings (SSSR count).